The highest BCUT2D eigenvalue weighted by Crippen LogP contribution is 2.27. The molecule has 0 unspecified atom stereocenters. The number of nitrogens with one attached hydrogen (secondary N) is 1. The van der Waals surface area contributed by atoms with E-state index in [0.717, 1.165) is 30.5 Å². The monoisotopic (exact) mass is 289 g/mol. The Labute approximate surface area is 127 Å². The number of hydrogen-bond donors (Lipinski definition) is 3. The summed E-state index contributed by atoms with van der Waals surface area (Å²) in [6, 6.07) is 5.92. The third-order valence-electron chi connectivity index (χ3n) is 4.63. The van der Waals surface area contributed by atoms with Crippen LogP contribution in [0.1, 0.15) is 49.3 Å². The van der Waals surface area contributed by atoms with Gasteiger partial charge in [0.2, 0.25) is 0 Å². The molecule has 4 heteroatoms. The lowest BCUT2D eigenvalue weighted by Crippen LogP contribution is -2.26. The van der Waals surface area contributed by atoms with Crippen molar-refractivity contribution in [3.05, 3.63) is 34.9 Å². The summed E-state index contributed by atoms with van der Waals surface area (Å²) in [5, 5.41) is 15.3. The first-order valence-corrected chi connectivity index (χ1v) is 7.88. The summed E-state index contributed by atoms with van der Waals surface area (Å²) >= 11 is 0. The molecule has 0 spiro atoms. The Morgan fingerprint density at radius 1 is 1.33 bits per heavy atom. The van der Waals surface area contributed by atoms with Crippen molar-refractivity contribution in [2.24, 2.45) is 22.7 Å². The average molecular weight is 289 g/mol. The second-order valence-electron chi connectivity index (χ2n) is 6.38. The minimum absolute atomic E-state index is 0.161. The van der Waals surface area contributed by atoms with Crippen LogP contribution < -0.4 is 11.1 Å². The van der Waals surface area contributed by atoms with Gasteiger partial charge in [0.15, 0.2) is 5.84 Å². The molecular weight excluding hydrogens is 262 g/mol. The Kier molecular flexibility index (Phi) is 5.62. The van der Waals surface area contributed by atoms with Crippen LogP contribution in [0.15, 0.2) is 23.4 Å². The zero-order valence-electron chi connectivity index (χ0n) is 13.1. The molecule has 4 nitrogen and oxygen atoms in total. The molecule has 1 saturated carbocycles. The number of amidine groups is 1. The zero-order chi connectivity index (χ0) is 15.2. The van der Waals surface area contributed by atoms with Gasteiger partial charge >= 0.3 is 0 Å². The van der Waals surface area contributed by atoms with Crippen molar-refractivity contribution in [1.29, 1.82) is 0 Å². The molecule has 4 N–H and O–H groups in total. The van der Waals surface area contributed by atoms with E-state index in [-0.39, 0.29) is 5.84 Å². The Hall–Kier alpha value is -1.55. The molecule has 1 aromatic rings. The highest BCUT2D eigenvalue weighted by Gasteiger charge is 2.17. The lowest BCUT2D eigenvalue weighted by Gasteiger charge is -2.26. The van der Waals surface area contributed by atoms with Gasteiger partial charge in [-0.3, -0.25) is 0 Å². The van der Waals surface area contributed by atoms with E-state index >= 15 is 0 Å². The topological polar surface area (TPSA) is 70.6 Å². The maximum Gasteiger partial charge on any atom is 0.170 e. The molecular formula is C17H27N3O. The fourth-order valence-corrected chi connectivity index (χ4v) is 3.06. The molecule has 1 aromatic carbocycles. The standard InChI is InChI=1S/C17H27N3O/c1-12-3-5-14(6-4-12)10-19-11-16-8-7-15(9-13(16)2)17(18)20-21/h7-9,12,14,19,21H,3-6,10-11H2,1-2H3,(H2,18,20). The second kappa shape index (κ2) is 7.46. The van der Waals surface area contributed by atoms with E-state index in [1.54, 1.807) is 0 Å². The van der Waals surface area contributed by atoms with Gasteiger partial charge in [0.1, 0.15) is 0 Å². The van der Waals surface area contributed by atoms with Gasteiger partial charge in [0.25, 0.3) is 0 Å². The molecule has 0 aromatic heterocycles. The van der Waals surface area contributed by atoms with E-state index in [0.29, 0.717) is 0 Å². The van der Waals surface area contributed by atoms with Crippen LogP contribution >= 0.6 is 0 Å². The minimum Gasteiger partial charge on any atom is -0.409 e. The van der Waals surface area contributed by atoms with Gasteiger partial charge in [0, 0.05) is 12.1 Å². The lowest BCUT2D eigenvalue weighted by molar-refractivity contribution is 0.281. The lowest BCUT2D eigenvalue weighted by atomic mass is 9.83. The summed E-state index contributed by atoms with van der Waals surface area (Å²) in [7, 11) is 0. The highest BCUT2D eigenvalue weighted by atomic mass is 16.4. The third kappa shape index (κ3) is 4.46. The first kappa shape index (κ1) is 15.8. The fraction of sp³-hybridized carbons (Fsp3) is 0.588. The molecule has 0 radical (unpaired) electrons. The van der Waals surface area contributed by atoms with Crippen LogP contribution in [0.4, 0.5) is 0 Å². The quantitative estimate of drug-likeness (QED) is 0.338. The molecule has 116 valence electrons. The molecule has 0 atom stereocenters. The van der Waals surface area contributed by atoms with Crippen molar-refractivity contribution in [1.82, 2.24) is 5.32 Å². The summed E-state index contributed by atoms with van der Waals surface area (Å²) in [4.78, 5) is 0. The number of nitrogens with two attached hydrogens (primary N) is 1. The number of hydrogen-bond acceptors (Lipinski definition) is 3. The van der Waals surface area contributed by atoms with Crippen molar-refractivity contribution in [3.63, 3.8) is 0 Å². The molecule has 1 aliphatic carbocycles. The van der Waals surface area contributed by atoms with Gasteiger partial charge < -0.3 is 16.3 Å². The number of nitrogens with zero attached hydrogens (tertiary/aromatic N) is 1. The molecule has 0 aliphatic heterocycles. The Bertz CT molecular complexity index is 491. The normalized spacial score (nSPS) is 23.2. The van der Waals surface area contributed by atoms with Gasteiger partial charge in [-0.05, 0) is 55.3 Å². The third-order valence-corrected chi connectivity index (χ3v) is 4.63. The molecule has 1 fully saturated rings. The zero-order valence-corrected chi connectivity index (χ0v) is 13.1. The highest BCUT2D eigenvalue weighted by molar-refractivity contribution is 5.97. The van der Waals surface area contributed by atoms with Crippen molar-refractivity contribution < 1.29 is 5.21 Å². The predicted octanol–water partition coefficient (Wildman–Crippen LogP) is 3.01. The molecule has 1 aliphatic rings. The molecule has 0 saturated heterocycles. The van der Waals surface area contributed by atoms with Gasteiger partial charge in [-0.1, -0.05) is 37.1 Å². The Morgan fingerprint density at radius 3 is 2.67 bits per heavy atom. The maximum absolute atomic E-state index is 8.70. The average Bonchev–Trinajstić information content (AvgIpc) is 2.50. The van der Waals surface area contributed by atoms with Crippen molar-refractivity contribution >= 4 is 5.84 Å². The van der Waals surface area contributed by atoms with Crippen LogP contribution in [0.3, 0.4) is 0 Å². The Balaban J connectivity index is 1.83. The molecule has 21 heavy (non-hydrogen) atoms. The number of oxime groups is 1. The Morgan fingerprint density at radius 2 is 2.05 bits per heavy atom. The van der Waals surface area contributed by atoms with Gasteiger partial charge in [0.05, 0.1) is 0 Å². The van der Waals surface area contributed by atoms with Gasteiger partial charge in [-0.25, -0.2) is 0 Å². The van der Waals surface area contributed by atoms with Crippen LogP contribution in [0.25, 0.3) is 0 Å². The van der Waals surface area contributed by atoms with E-state index < -0.39 is 0 Å². The fourth-order valence-electron chi connectivity index (χ4n) is 3.06. The maximum atomic E-state index is 8.70. The number of benzene rings is 1. The van der Waals surface area contributed by atoms with Crippen LogP contribution in [0.5, 0.6) is 0 Å². The number of rotatable bonds is 5. The van der Waals surface area contributed by atoms with Crippen molar-refractivity contribution in [2.45, 2.75) is 46.1 Å². The van der Waals surface area contributed by atoms with Crippen molar-refractivity contribution in [2.75, 3.05) is 6.54 Å². The molecule has 2 rings (SSSR count). The van der Waals surface area contributed by atoms with Gasteiger partial charge in [-0.2, -0.15) is 0 Å². The van der Waals surface area contributed by atoms with E-state index in [9.17, 15) is 0 Å². The van der Waals surface area contributed by atoms with Crippen LogP contribution in [0, 0.1) is 18.8 Å². The van der Waals surface area contributed by atoms with Crippen LogP contribution in [0.2, 0.25) is 0 Å². The largest absolute Gasteiger partial charge is 0.409 e. The summed E-state index contributed by atoms with van der Waals surface area (Å²) in [5.74, 6) is 1.90. The molecule has 0 amide bonds. The van der Waals surface area contributed by atoms with E-state index in [2.05, 4.69) is 30.4 Å². The molecule has 0 bridgehead atoms. The van der Waals surface area contributed by atoms with Gasteiger partial charge in [-0.15, -0.1) is 0 Å². The summed E-state index contributed by atoms with van der Waals surface area (Å²) < 4.78 is 0. The van der Waals surface area contributed by atoms with E-state index in [4.69, 9.17) is 10.9 Å². The first-order valence-electron chi connectivity index (χ1n) is 7.88. The van der Waals surface area contributed by atoms with E-state index in [1.807, 2.05) is 12.1 Å². The second-order valence-corrected chi connectivity index (χ2v) is 6.38. The first-order chi connectivity index (χ1) is 10.1. The predicted molar refractivity (Wildman–Crippen MR) is 86.5 cm³/mol. The van der Waals surface area contributed by atoms with E-state index in [1.165, 1.54) is 36.8 Å². The SMILES string of the molecule is Cc1cc(/C(N)=N/O)ccc1CNCC1CCC(C)CC1. The van der Waals surface area contributed by atoms with Crippen LogP contribution in [-0.4, -0.2) is 17.6 Å². The summed E-state index contributed by atoms with van der Waals surface area (Å²) in [6.45, 7) is 6.41. The minimum atomic E-state index is 0.161. The van der Waals surface area contributed by atoms with Crippen molar-refractivity contribution in [3.8, 4) is 0 Å². The summed E-state index contributed by atoms with van der Waals surface area (Å²) in [6.07, 6.45) is 5.46. The molecule has 0 heterocycles. The van der Waals surface area contributed by atoms with Crippen LogP contribution in [-0.2, 0) is 6.54 Å². The summed E-state index contributed by atoms with van der Waals surface area (Å²) in [5.41, 5.74) is 8.81. The smallest absolute Gasteiger partial charge is 0.170 e. The number of aryl methyl sites for hydroxylation is 1.